The Kier molecular flexibility index (Phi) is 7.01. The van der Waals surface area contributed by atoms with Crippen LogP contribution >= 0.6 is 0 Å². The van der Waals surface area contributed by atoms with Gasteiger partial charge in [0.2, 0.25) is 0 Å². The van der Waals surface area contributed by atoms with Gasteiger partial charge in [-0.15, -0.1) is 0 Å². The predicted octanol–water partition coefficient (Wildman–Crippen LogP) is 0.631. The lowest BCUT2D eigenvalue weighted by molar-refractivity contribution is -0.0298. The van der Waals surface area contributed by atoms with Crippen molar-refractivity contribution in [1.29, 1.82) is 0 Å². The first kappa shape index (κ1) is 20.7. The number of nitrogens with one attached hydrogen (secondary N) is 1. The van der Waals surface area contributed by atoms with Crippen molar-refractivity contribution in [2.24, 2.45) is 5.73 Å². The van der Waals surface area contributed by atoms with Crippen LogP contribution in [0, 0.1) is 0 Å². The van der Waals surface area contributed by atoms with Crippen LogP contribution in [0.1, 0.15) is 19.3 Å². The Balaban J connectivity index is 1.64. The van der Waals surface area contributed by atoms with E-state index in [4.69, 9.17) is 10.5 Å². The lowest BCUT2D eigenvalue weighted by atomic mass is 9.91. The molecule has 8 nitrogen and oxygen atoms in total. The van der Waals surface area contributed by atoms with Crippen molar-refractivity contribution in [1.82, 2.24) is 14.5 Å². The number of hydrogen-bond acceptors (Lipinski definition) is 7. The van der Waals surface area contributed by atoms with E-state index >= 15 is 0 Å². The number of ether oxygens (including phenoxy) is 1. The van der Waals surface area contributed by atoms with Gasteiger partial charge in [0.25, 0.3) is 5.56 Å². The zero-order valence-electron chi connectivity index (χ0n) is 16.6. The lowest BCUT2D eigenvalue weighted by Crippen LogP contribution is -2.46. The topological polar surface area (TPSA) is 106 Å². The molecule has 0 radical (unpaired) electrons. The molecule has 1 aliphatic heterocycles. The number of aromatic nitrogens is 2. The second kappa shape index (κ2) is 9.47. The first-order valence-electron chi connectivity index (χ1n) is 9.93. The molecule has 0 aliphatic carbocycles. The zero-order chi connectivity index (χ0) is 20.0. The highest BCUT2D eigenvalue weighted by Gasteiger charge is 2.32. The maximum absolute atomic E-state index is 12.8. The van der Waals surface area contributed by atoms with Gasteiger partial charge in [-0.2, -0.15) is 0 Å². The van der Waals surface area contributed by atoms with Crippen molar-refractivity contribution >= 4 is 16.6 Å². The van der Waals surface area contributed by atoms with Crippen LogP contribution < -0.4 is 16.6 Å². The lowest BCUT2D eigenvalue weighted by Gasteiger charge is -2.36. The maximum atomic E-state index is 12.8. The van der Waals surface area contributed by atoms with Gasteiger partial charge in [-0.3, -0.25) is 9.36 Å². The van der Waals surface area contributed by atoms with Crippen molar-refractivity contribution < 1.29 is 9.84 Å². The Morgan fingerprint density at radius 1 is 1.32 bits per heavy atom. The molecule has 3 rings (SSSR count). The van der Waals surface area contributed by atoms with Gasteiger partial charge in [0.05, 0.1) is 36.0 Å². The molecule has 2 heterocycles. The third-order valence-electron chi connectivity index (χ3n) is 5.28. The highest BCUT2D eigenvalue weighted by atomic mass is 16.5. The average molecular weight is 390 g/mol. The number of fused-ring (bicyclic) bond motifs is 1. The number of nitrogens with two attached hydrogens (primary N) is 1. The van der Waals surface area contributed by atoms with Crippen LogP contribution in [0.25, 0.3) is 10.9 Å². The van der Waals surface area contributed by atoms with Gasteiger partial charge >= 0.3 is 0 Å². The van der Waals surface area contributed by atoms with E-state index in [9.17, 15) is 9.90 Å². The first-order chi connectivity index (χ1) is 13.5. The highest BCUT2D eigenvalue weighted by molar-refractivity contribution is 5.81. The Morgan fingerprint density at radius 2 is 2.11 bits per heavy atom. The van der Waals surface area contributed by atoms with Crippen LogP contribution in [0.3, 0.4) is 0 Å². The quantitative estimate of drug-likeness (QED) is 0.540. The smallest absolute Gasteiger partial charge is 0.261 e. The number of hydrogen-bond donors (Lipinski definition) is 3. The predicted molar refractivity (Wildman–Crippen MR) is 111 cm³/mol. The van der Waals surface area contributed by atoms with Gasteiger partial charge < -0.3 is 25.8 Å². The largest absolute Gasteiger partial charge is 0.388 e. The number of anilines is 1. The van der Waals surface area contributed by atoms with Crippen LogP contribution in [0.2, 0.25) is 0 Å². The fraction of sp³-hybridized carbons (Fsp3) is 0.600. The normalized spacial score (nSPS) is 17.1. The van der Waals surface area contributed by atoms with Crippen molar-refractivity contribution in [2.45, 2.75) is 31.4 Å². The monoisotopic (exact) mass is 389 g/mol. The van der Waals surface area contributed by atoms with Gasteiger partial charge in [-0.1, -0.05) is 0 Å². The summed E-state index contributed by atoms with van der Waals surface area (Å²) < 4.78 is 7.00. The average Bonchev–Trinajstić information content (AvgIpc) is 2.69. The van der Waals surface area contributed by atoms with E-state index in [0.717, 1.165) is 25.2 Å². The molecule has 4 N–H and O–H groups in total. The Morgan fingerprint density at radius 3 is 2.86 bits per heavy atom. The molecule has 1 aromatic heterocycles. The molecular formula is C20H31N5O3. The molecule has 0 amide bonds. The Hall–Kier alpha value is -2.00. The summed E-state index contributed by atoms with van der Waals surface area (Å²) in [6, 6.07) is 5.53. The van der Waals surface area contributed by atoms with E-state index in [2.05, 4.69) is 15.2 Å². The number of aliphatic hydroxyl groups is 1. The summed E-state index contributed by atoms with van der Waals surface area (Å²) in [5.74, 6) is 0. The first-order valence-corrected chi connectivity index (χ1v) is 9.93. The molecule has 0 unspecified atom stereocenters. The molecule has 28 heavy (non-hydrogen) atoms. The maximum Gasteiger partial charge on any atom is 0.261 e. The standard InChI is InChI=1S/C20H31N5O3/c1-24-9-5-20(27,6-10-24)14-25-15-23-18-13-16(3-4-17(18)19(25)26)22-8-12-28-11-2-7-21/h3-4,13,15,22,27H,2,5-12,14,21H2,1H3. The van der Waals surface area contributed by atoms with Gasteiger partial charge in [0.1, 0.15) is 0 Å². The second-order valence-corrected chi connectivity index (χ2v) is 7.62. The van der Waals surface area contributed by atoms with E-state index < -0.39 is 5.60 Å². The van der Waals surface area contributed by atoms with Gasteiger partial charge in [-0.05, 0) is 51.1 Å². The molecule has 2 aromatic rings. The Bertz CT molecular complexity index is 830. The Labute approximate surface area is 165 Å². The summed E-state index contributed by atoms with van der Waals surface area (Å²) in [4.78, 5) is 19.5. The van der Waals surface area contributed by atoms with E-state index in [1.807, 2.05) is 19.2 Å². The van der Waals surface area contributed by atoms with Crippen molar-refractivity contribution in [3.8, 4) is 0 Å². The molecule has 0 spiro atoms. The molecule has 0 bridgehead atoms. The van der Waals surface area contributed by atoms with Crippen LogP contribution in [0.15, 0.2) is 29.3 Å². The highest BCUT2D eigenvalue weighted by Crippen LogP contribution is 2.23. The number of rotatable bonds is 9. The summed E-state index contributed by atoms with van der Waals surface area (Å²) in [6.45, 7) is 4.52. The zero-order valence-corrected chi connectivity index (χ0v) is 16.6. The fourth-order valence-electron chi connectivity index (χ4n) is 3.45. The van der Waals surface area contributed by atoms with Crippen molar-refractivity contribution in [2.75, 3.05) is 51.8 Å². The molecule has 0 saturated carbocycles. The minimum Gasteiger partial charge on any atom is -0.388 e. The number of nitrogens with zero attached hydrogens (tertiary/aromatic N) is 3. The molecule has 154 valence electrons. The minimum atomic E-state index is -0.850. The third kappa shape index (κ3) is 5.29. The molecule has 8 heteroatoms. The van der Waals surface area contributed by atoms with Crippen LogP contribution in [-0.2, 0) is 11.3 Å². The van der Waals surface area contributed by atoms with Crippen LogP contribution in [0.5, 0.6) is 0 Å². The van der Waals surface area contributed by atoms with Crippen molar-refractivity contribution in [3.05, 3.63) is 34.9 Å². The second-order valence-electron chi connectivity index (χ2n) is 7.62. The van der Waals surface area contributed by atoms with Gasteiger partial charge in [0, 0.05) is 31.9 Å². The summed E-state index contributed by atoms with van der Waals surface area (Å²) in [5.41, 5.74) is 6.00. The van der Waals surface area contributed by atoms with E-state index in [1.54, 1.807) is 12.4 Å². The summed E-state index contributed by atoms with van der Waals surface area (Å²) >= 11 is 0. The van der Waals surface area contributed by atoms with Gasteiger partial charge in [-0.25, -0.2) is 4.98 Å². The molecule has 1 aliphatic rings. The van der Waals surface area contributed by atoms with E-state index in [0.29, 0.717) is 50.0 Å². The summed E-state index contributed by atoms with van der Waals surface area (Å²) in [7, 11) is 2.04. The number of likely N-dealkylation sites (tertiary alicyclic amines) is 1. The summed E-state index contributed by atoms with van der Waals surface area (Å²) in [5, 5.41) is 14.6. The molecule has 1 aromatic carbocycles. The van der Waals surface area contributed by atoms with Gasteiger partial charge in [0.15, 0.2) is 0 Å². The van der Waals surface area contributed by atoms with Crippen LogP contribution in [-0.4, -0.2) is 71.6 Å². The van der Waals surface area contributed by atoms with Crippen LogP contribution in [0.4, 0.5) is 5.69 Å². The third-order valence-corrected chi connectivity index (χ3v) is 5.28. The van der Waals surface area contributed by atoms with E-state index in [1.165, 1.54) is 4.57 Å². The summed E-state index contributed by atoms with van der Waals surface area (Å²) in [6.07, 6.45) is 3.72. The number of benzene rings is 1. The van der Waals surface area contributed by atoms with Crippen molar-refractivity contribution in [3.63, 3.8) is 0 Å². The van der Waals surface area contributed by atoms with E-state index in [-0.39, 0.29) is 12.1 Å². The SMILES string of the molecule is CN1CCC(O)(Cn2cnc3cc(NCCOCCCN)ccc3c2=O)CC1. The molecular weight excluding hydrogens is 358 g/mol. The number of piperidine rings is 1. The molecule has 1 fully saturated rings. The fourth-order valence-corrected chi connectivity index (χ4v) is 3.45. The molecule has 0 atom stereocenters. The molecule has 1 saturated heterocycles. The minimum absolute atomic E-state index is 0.117.